The molecule has 0 bridgehead atoms. The molecule has 2 aliphatic rings. The summed E-state index contributed by atoms with van der Waals surface area (Å²) in [5, 5.41) is 40.0. The maximum absolute atomic E-state index is 11.6. The number of aliphatic hydroxyl groups is 3. The first-order valence-corrected chi connectivity index (χ1v) is 12.5. The summed E-state index contributed by atoms with van der Waals surface area (Å²) >= 11 is 6.21. The second-order valence-corrected chi connectivity index (χ2v) is 11.0. The van der Waals surface area contributed by atoms with E-state index in [1.165, 1.54) is 4.68 Å². The molecule has 2 aromatic heterocycles. The van der Waals surface area contributed by atoms with Gasteiger partial charge in [0, 0.05) is 12.1 Å². The van der Waals surface area contributed by atoms with E-state index < -0.39 is 50.7 Å². The molecule has 13 nitrogen and oxygen atoms in total. The molecule has 1 saturated carbocycles. The predicted molar refractivity (Wildman–Crippen MR) is 116 cm³/mol. The Morgan fingerprint density at radius 1 is 1.33 bits per heavy atom. The minimum absolute atomic E-state index is 0.180. The van der Waals surface area contributed by atoms with Crippen molar-refractivity contribution in [1.82, 2.24) is 20.0 Å². The highest BCUT2D eigenvalue weighted by Crippen LogP contribution is 2.51. The van der Waals surface area contributed by atoms with Gasteiger partial charge >= 0.3 is 7.60 Å². The zero-order chi connectivity index (χ0) is 24.0. The van der Waals surface area contributed by atoms with Crippen molar-refractivity contribution in [3.63, 3.8) is 0 Å². The largest absolute Gasteiger partial charge is 0.393 e. The third-order valence-electron chi connectivity index (χ3n) is 6.16. The van der Waals surface area contributed by atoms with E-state index in [1.807, 2.05) is 0 Å². The number of rotatable bonds is 8. The Labute approximate surface area is 193 Å². The van der Waals surface area contributed by atoms with Crippen LogP contribution in [-0.2, 0) is 14.0 Å². The van der Waals surface area contributed by atoms with Gasteiger partial charge in [-0.05, 0) is 19.8 Å². The minimum atomic E-state index is -4.83. The maximum atomic E-state index is 11.6. The fourth-order valence-electron chi connectivity index (χ4n) is 4.01. The van der Waals surface area contributed by atoms with Crippen LogP contribution >= 0.6 is 19.2 Å². The zero-order valence-corrected chi connectivity index (χ0v) is 19.4. The Hall–Kier alpha value is -1.41. The van der Waals surface area contributed by atoms with Crippen LogP contribution < -0.4 is 5.32 Å². The summed E-state index contributed by atoms with van der Waals surface area (Å²) < 4.78 is 23.7. The van der Waals surface area contributed by atoms with Crippen LogP contribution in [0.25, 0.3) is 11.2 Å². The van der Waals surface area contributed by atoms with E-state index in [4.69, 9.17) is 21.1 Å². The fourth-order valence-corrected chi connectivity index (χ4v) is 4.63. The Kier molecular flexibility index (Phi) is 6.98. The Balaban J connectivity index is 1.56. The molecule has 184 valence electrons. The molecule has 1 aliphatic heterocycles. The number of hydrogen-bond acceptors (Lipinski definition) is 10. The van der Waals surface area contributed by atoms with Gasteiger partial charge in [-0.1, -0.05) is 29.7 Å². The maximum Gasteiger partial charge on any atom is 0.359 e. The van der Waals surface area contributed by atoms with Crippen molar-refractivity contribution in [1.29, 1.82) is 0 Å². The smallest absolute Gasteiger partial charge is 0.359 e. The number of fused-ring (bicyclic) bond motifs is 1. The van der Waals surface area contributed by atoms with Crippen LogP contribution in [0.3, 0.4) is 0 Å². The number of nitrogens with one attached hydrogen (secondary N) is 1. The number of hydrogen-bond donors (Lipinski definition) is 6. The van der Waals surface area contributed by atoms with E-state index in [9.17, 15) is 29.7 Å². The number of aliphatic hydroxyl groups excluding tert-OH is 3. The minimum Gasteiger partial charge on any atom is -0.393 e. The molecular weight excluding hydrogens is 481 g/mol. The molecule has 1 saturated heterocycles. The highest BCUT2D eigenvalue weighted by atomic mass is 35.5. The molecule has 15 heteroatoms. The summed E-state index contributed by atoms with van der Waals surface area (Å²) in [5.41, 5.74) is 1.30. The normalized spacial score (nSPS) is 28.5. The fraction of sp³-hybridized carbons (Fsp3) is 0.722. The van der Waals surface area contributed by atoms with Crippen LogP contribution in [0, 0.1) is 0 Å². The van der Waals surface area contributed by atoms with Crippen molar-refractivity contribution in [3.05, 3.63) is 11.2 Å². The van der Waals surface area contributed by atoms with Gasteiger partial charge in [0.2, 0.25) is 0 Å². The second kappa shape index (κ2) is 9.33. The van der Waals surface area contributed by atoms with Crippen LogP contribution in [0.4, 0.5) is 5.69 Å². The molecule has 0 radical (unpaired) electrons. The van der Waals surface area contributed by atoms with E-state index >= 15 is 0 Å². The van der Waals surface area contributed by atoms with E-state index in [-0.39, 0.29) is 16.8 Å². The summed E-state index contributed by atoms with van der Waals surface area (Å²) in [6.45, 7) is -0.427. The summed E-state index contributed by atoms with van der Waals surface area (Å²) in [6, 6.07) is 1.93. The first-order chi connectivity index (χ1) is 15.5. The van der Waals surface area contributed by atoms with Crippen LogP contribution in [0.15, 0.2) is 6.07 Å². The van der Waals surface area contributed by atoms with Gasteiger partial charge in [0.05, 0.1) is 18.9 Å². The predicted octanol–water partition coefficient (Wildman–Crippen LogP) is 0.356. The molecule has 3 heterocycles. The van der Waals surface area contributed by atoms with Gasteiger partial charge in [0.1, 0.15) is 23.5 Å². The summed E-state index contributed by atoms with van der Waals surface area (Å²) in [7, 11) is -4.83. The topological polar surface area (TPSA) is 192 Å². The molecule has 1 aliphatic carbocycles. The summed E-state index contributed by atoms with van der Waals surface area (Å²) in [4.78, 5) is 23.1. The molecule has 4 rings (SSSR count). The Morgan fingerprint density at radius 2 is 2.03 bits per heavy atom. The third-order valence-corrected chi connectivity index (χ3v) is 7.86. The molecule has 33 heavy (non-hydrogen) atoms. The van der Waals surface area contributed by atoms with Gasteiger partial charge in [0.25, 0.3) is 0 Å². The molecule has 5 atom stereocenters. The number of anilines is 1. The van der Waals surface area contributed by atoms with E-state index in [0.717, 1.165) is 32.6 Å². The van der Waals surface area contributed by atoms with Crippen molar-refractivity contribution in [2.24, 2.45) is 0 Å². The molecule has 0 unspecified atom stereocenters. The molecule has 0 amide bonds. The number of halogens is 1. The average Bonchev–Trinajstić information content (AvgIpc) is 3.47. The Bertz CT molecular complexity index is 1050. The van der Waals surface area contributed by atoms with Gasteiger partial charge in [0.15, 0.2) is 22.7 Å². The number of aromatic nitrogens is 4. The summed E-state index contributed by atoms with van der Waals surface area (Å²) in [6.07, 6.45) is -1.00. The first-order valence-electron chi connectivity index (χ1n) is 10.5. The monoisotopic (exact) mass is 507 g/mol. The van der Waals surface area contributed by atoms with Crippen molar-refractivity contribution in [3.8, 4) is 0 Å². The average molecular weight is 508 g/mol. The van der Waals surface area contributed by atoms with E-state index in [1.54, 1.807) is 6.07 Å². The molecular formula is C18H27ClN5O8P. The lowest BCUT2D eigenvalue weighted by molar-refractivity contribution is -0.104. The molecule has 2 fully saturated rings. The van der Waals surface area contributed by atoms with Gasteiger partial charge in [-0.2, -0.15) is 4.68 Å². The third kappa shape index (κ3) is 4.75. The lowest BCUT2D eigenvalue weighted by Crippen LogP contribution is -2.39. The van der Waals surface area contributed by atoms with Crippen molar-refractivity contribution in [2.45, 2.75) is 68.5 Å². The first kappa shape index (κ1) is 24.7. The Morgan fingerprint density at radius 3 is 2.67 bits per heavy atom. The highest BCUT2D eigenvalue weighted by Gasteiger charge is 2.49. The zero-order valence-electron chi connectivity index (χ0n) is 17.8. The highest BCUT2D eigenvalue weighted by molar-refractivity contribution is 7.53. The lowest BCUT2D eigenvalue weighted by Gasteiger charge is -2.29. The van der Waals surface area contributed by atoms with Crippen molar-refractivity contribution in [2.75, 3.05) is 18.5 Å². The molecule has 0 spiro atoms. The van der Waals surface area contributed by atoms with Gasteiger partial charge in [-0.3, -0.25) is 4.57 Å². The van der Waals surface area contributed by atoms with Gasteiger partial charge < -0.3 is 39.9 Å². The van der Waals surface area contributed by atoms with E-state index in [0.29, 0.717) is 11.2 Å². The van der Waals surface area contributed by atoms with Gasteiger partial charge in [-0.25, -0.2) is 4.98 Å². The second-order valence-electron chi connectivity index (χ2n) is 8.56. The number of ether oxygens (including phenoxy) is 2. The lowest BCUT2D eigenvalue weighted by atomic mass is 10.1. The van der Waals surface area contributed by atoms with Crippen LogP contribution in [0.2, 0.25) is 5.15 Å². The number of nitrogens with zero attached hydrogens (tertiary/aromatic N) is 4. The van der Waals surface area contributed by atoms with Crippen LogP contribution in [0.5, 0.6) is 0 Å². The van der Waals surface area contributed by atoms with Crippen LogP contribution in [0.1, 0.15) is 38.8 Å². The SMILES string of the molecule is C[C@@](CO)(OC[C@H]1O[C@@H](n2nnc3c(NC4CCCC4)cc(Cl)nc32)[C@H](O)[C@@H]1O)P(=O)(O)O. The quantitative estimate of drug-likeness (QED) is 0.212. The number of pyridine rings is 1. The van der Waals surface area contributed by atoms with Crippen LogP contribution in [-0.4, -0.2) is 88.0 Å². The molecule has 0 aromatic carbocycles. The van der Waals surface area contributed by atoms with Gasteiger partial charge in [-0.15, -0.1) is 5.10 Å². The standard InChI is InChI=1S/C18H27ClN5O8P/c1-18(8-25,33(28,29)30)31-7-11-14(26)15(27)17(32-11)24-16-13(22-23-24)10(6-12(19)21-16)20-9-4-2-3-5-9/h6,9,11,14-15,17,25-27H,2-5,7-8H2,1H3,(H,20,21)(H2,28,29,30)/t11-,14-,15-,17-,18-/m1/s1. The van der Waals surface area contributed by atoms with Crippen molar-refractivity contribution >= 4 is 36.0 Å². The molecule has 2 aromatic rings. The van der Waals surface area contributed by atoms with E-state index in [2.05, 4.69) is 20.6 Å². The van der Waals surface area contributed by atoms with Crippen molar-refractivity contribution < 1.29 is 39.1 Å². The molecule has 6 N–H and O–H groups in total. The summed E-state index contributed by atoms with van der Waals surface area (Å²) in [5.74, 6) is 0.